The van der Waals surface area contributed by atoms with Crippen LogP contribution in [0.2, 0.25) is 0 Å². The molecule has 0 aromatic heterocycles. The second-order valence-electron chi connectivity index (χ2n) is 6.24. The van der Waals surface area contributed by atoms with Gasteiger partial charge in [-0.05, 0) is 43.6 Å². The van der Waals surface area contributed by atoms with E-state index in [0.29, 0.717) is 5.75 Å². The van der Waals surface area contributed by atoms with Crippen LogP contribution in [-0.2, 0) is 5.41 Å². The molecule has 1 aromatic carbocycles. The number of hydrogen-bond donors (Lipinski definition) is 1. The van der Waals surface area contributed by atoms with Crippen molar-refractivity contribution >= 4 is 0 Å². The van der Waals surface area contributed by atoms with Gasteiger partial charge in [0.15, 0.2) is 0 Å². The molecule has 1 fully saturated rings. The second-order valence-corrected chi connectivity index (χ2v) is 6.24. The lowest BCUT2D eigenvalue weighted by Gasteiger charge is -2.38. The minimum absolute atomic E-state index is 0.165. The molecule has 1 aliphatic rings. The number of rotatable bonds is 1. The van der Waals surface area contributed by atoms with Gasteiger partial charge in [0.2, 0.25) is 0 Å². The lowest BCUT2D eigenvalue weighted by molar-refractivity contribution is 0.246. The molecule has 1 aromatic rings. The van der Waals surface area contributed by atoms with Crippen LogP contribution < -0.4 is 0 Å². The zero-order chi connectivity index (χ0) is 12.6. The van der Waals surface area contributed by atoms with Crippen molar-refractivity contribution in [2.75, 3.05) is 0 Å². The molecule has 2 atom stereocenters. The fourth-order valence-corrected chi connectivity index (χ4v) is 3.48. The Morgan fingerprint density at radius 2 is 2.00 bits per heavy atom. The molecule has 17 heavy (non-hydrogen) atoms. The van der Waals surface area contributed by atoms with E-state index in [2.05, 4.69) is 32.9 Å². The first-order chi connectivity index (χ1) is 7.92. The summed E-state index contributed by atoms with van der Waals surface area (Å²) in [6.45, 7) is 8.76. The Bertz CT molecular complexity index is 422. The number of phenols is 1. The van der Waals surface area contributed by atoms with Gasteiger partial charge in [-0.25, -0.2) is 0 Å². The Morgan fingerprint density at radius 3 is 2.65 bits per heavy atom. The summed E-state index contributed by atoms with van der Waals surface area (Å²) in [7, 11) is 0. The summed E-state index contributed by atoms with van der Waals surface area (Å²) in [5.41, 5.74) is 3.61. The van der Waals surface area contributed by atoms with Crippen molar-refractivity contribution in [1.82, 2.24) is 0 Å². The van der Waals surface area contributed by atoms with Crippen molar-refractivity contribution in [3.8, 4) is 5.75 Å². The van der Waals surface area contributed by atoms with Crippen LogP contribution in [0, 0.1) is 19.8 Å². The van der Waals surface area contributed by atoms with Crippen LogP contribution in [0.25, 0.3) is 0 Å². The molecule has 0 spiro atoms. The first kappa shape index (κ1) is 12.5. The molecule has 1 aliphatic carbocycles. The Kier molecular flexibility index (Phi) is 3.20. The lowest BCUT2D eigenvalue weighted by atomic mass is 9.67. The Morgan fingerprint density at radius 1 is 1.29 bits per heavy atom. The highest BCUT2D eigenvalue weighted by Gasteiger charge is 2.34. The molecule has 0 aliphatic heterocycles. The first-order valence-electron chi connectivity index (χ1n) is 6.73. The van der Waals surface area contributed by atoms with Gasteiger partial charge in [-0.3, -0.25) is 0 Å². The highest BCUT2D eigenvalue weighted by atomic mass is 16.3. The largest absolute Gasteiger partial charge is 0.507 e. The molecule has 1 N–H and O–H groups in total. The summed E-state index contributed by atoms with van der Waals surface area (Å²) in [6.07, 6.45) is 5.02. The SMILES string of the molecule is Cc1cc(C)c(O)c(C2(C)CCCC(C)C2)c1. The van der Waals surface area contributed by atoms with Gasteiger partial charge in [-0.1, -0.05) is 44.4 Å². The van der Waals surface area contributed by atoms with E-state index in [0.717, 1.165) is 11.5 Å². The molecule has 0 radical (unpaired) electrons. The van der Waals surface area contributed by atoms with E-state index in [-0.39, 0.29) is 5.41 Å². The predicted molar refractivity (Wildman–Crippen MR) is 72.6 cm³/mol. The second kappa shape index (κ2) is 4.36. The van der Waals surface area contributed by atoms with Crippen LogP contribution in [0.4, 0.5) is 0 Å². The molecule has 0 heterocycles. The number of benzene rings is 1. The zero-order valence-corrected chi connectivity index (χ0v) is 11.5. The highest BCUT2D eigenvalue weighted by molar-refractivity contribution is 5.46. The monoisotopic (exact) mass is 232 g/mol. The van der Waals surface area contributed by atoms with E-state index in [1.54, 1.807) is 0 Å². The number of hydrogen-bond acceptors (Lipinski definition) is 1. The van der Waals surface area contributed by atoms with Crippen LogP contribution >= 0.6 is 0 Å². The maximum Gasteiger partial charge on any atom is 0.122 e. The Hall–Kier alpha value is -0.980. The number of aryl methyl sites for hydroxylation is 2. The molecule has 94 valence electrons. The van der Waals surface area contributed by atoms with Crippen molar-refractivity contribution in [1.29, 1.82) is 0 Å². The molecule has 2 rings (SSSR count). The molecule has 2 unspecified atom stereocenters. The fourth-order valence-electron chi connectivity index (χ4n) is 3.48. The van der Waals surface area contributed by atoms with E-state index in [4.69, 9.17) is 0 Å². The topological polar surface area (TPSA) is 20.2 Å². The van der Waals surface area contributed by atoms with Crippen molar-refractivity contribution in [2.45, 2.75) is 58.8 Å². The highest BCUT2D eigenvalue weighted by Crippen LogP contribution is 2.45. The Balaban J connectivity index is 2.45. The minimum atomic E-state index is 0.165. The predicted octanol–water partition coefficient (Wildman–Crippen LogP) is 4.48. The minimum Gasteiger partial charge on any atom is -0.507 e. The van der Waals surface area contributed by atoms with Gasteiger partial charge >= 0.3 is 0 Å². The maximum absolute atomic E-state index is 10.3. The molecular weight excluding hydrogens is 208 g/mol. The Labute approximate surface area is 105 Å². The van der Waals surface area contributed by atoms with Crippen LogP contribution in [0.1, 0.15) is 56.2 Å². The van der Waals surface area contributed by atoms with Gasteiger partial charge < -0.3 is 5.11 Å². The van der Waals surface area contributed by atoms with E-state index in [9.17, 15) is 5.11 Å². The third-order valence-corrected chi connectivity index (χ3v) is 4.32. The molecule has 1 saturated carbocycles. The van der Waals surface area contributed by atoms with Crippen molar-refractivity contribution < 1.29 is 5.11 Å². The summed E-state index contributed by atoms with van der Waals surface area (Å²) >= 11 is 0. The molecule has 1 nitrogen and oxygen atoms in total. The van der Waals surface area contributed by atoms with E-state index >= 15 is 0 Å². The lowest BCUT2D eigenvalue weighted by Crippen LogP contribution is -2.29. The van der Waals surface area contributed by atoms with Gasteiger partial charge in [0, 0.05) is 5.56 Å². The van der Waals surface area contributed by atoms with Crippen molar-refractivity contribution in [2.24, 2.45) is 5.92 Å². The first-order valence-corrected chi connectivity index (χ1v) is 6.73. The van der Waals surface area contributed by atoms with Crippen LogP contribution in [0.15, 0.2) is 12.1 Å². The molecule has 0 saturated heterocycles. The van der Waals surface area contributed by atoms with Gasteiger partial charge in [0.05, 0.1) is 0 Å². The summed E-state index contributed by atoms with van der Waals surface area (Å²) in [4.78, 5) is 0. The van der Waals surface area contributed by atoms with Gasteiger partial charge in [0.1, 0.15) is 5.75 Å². The normalized spacial score (nSPS) is 29.3. The summed E-state index contributed by atoms with van der Waals surface area (Å²) in [5.74, 6) is 1.29. The van der Waals surface area contributed by atoms with E-state index in [1.807, 2.05) is 6.92 Å². The molecule has 0 amide bonds. The maximum atomic E-state index is 10.3. The van der Waals surface area contributed by atoms with Gasteiger partial charge in [-0.15, -0.1) is 0 Å². The van der Waals surface area contributed by atoms with Crippen molar-refractivity contribution in [3.05, 3.63) is 28.8 Å². The standard InChI is InChI=1S/C16H24O/c1-11-6-5-7-16(4,10-11)14-9-12(2)8-13(3)15(14)17/h8-9,11,17H,5-7,10H2,1-4H3. The smallest absolute Gasteiger partial charge is 0.122 e. The average Bonchev–Trinajstić information content (AvgIpc) is 2.23. The van der Waals surface area contributed by atoms with Crippen LogP contribution in [0.5, 0.6) is 5.75 Å². The van der Waals surface area contributed by atoms with E-state index < -0.39 is 0 Å². The third kappa shape index (κ3) is 2.34. The fraction of sp³-hybridized carbons (Fsp3) is 0.625. The van der Waals surface area contributed by atoms with Crippen molar-refractivity contribution in [3.63, 3.8) is 0 Å². The van der Waals surface area contributed by atoms with Gasteiger partial charge in [-0.2, -0.15) is 0 Å². The van der Waals surface area contributed by atoms with Gasteiger partial charge in [0.25, 0.3) is 0 Å². The summed E-state index contributed by atoms with van der Waals surface area (Å²) in [6, 6.07) is 4.24. The quantitative estimate of drug-likeness (QED) is 0.757. The number of aromatic hydroxyl groups is 1. The zero-order valence-electron chi connectivity index (χ0n) is 11.5. The summed E-state index contributed by atoms with van der Waals surface area (Å²) < 4.78 is 0. The summed E-state index contributed by atoms with van der Waals surface area (Å²) in [5, 5.41) is 10.3. The molecular formula is C16H24O. The molecule has 1 heteroatoms. The number of phenolic OH excluding ortho intramolecular Hbond substituents is 1. The third-order valence-electron chi connectivity index (χ3n) is 4.32. The van der Waals surface area contributed by atoms with E-state index in [1.165, 1.54) is 36.8 Å². The molecule has 0 bridgehead atoms. The van der Waals surface area contributed by atoms with Crippen LogP contribution in [0.3, 0.4) is 0 Å². The van der Waals surface area contributed by atoms with Crippen LogP contribution in [-0.4, -0.2) is 5.11 Å². The average molecular weight is 232 g/mol.